The maximum atomic E-state index is 12.1. The fourth-order valence-corrected chi connectivity index (χ4v) is 2.44. The first-order valence-electron chi connectivity index (χ1n) is 6.68. The van der Waals surface area contributed by atoms with Gasteiger partial charge in [-0.2, -0.15) is 0 Å². The van der Waals surface area contributed by atoms with E-state index >= 15 is 0 Å². The van der Waals surface area contributed by atoms with E-state index in [1.165, 1.54) is 6.42 Å². The largest absolute Gasteiger partial charge is 0.354 e. The van der Waals surface area contributed by atoms with Crippen LogP contribution in [0.25, 0.3) is 0 Å². The van der Waals surface area contributed by atoms with E-state index in [-0.39, 0.29) is 30.7 Å². The summed E-state index contributed by atoms with van der Waals surface area (Å²) in [4.78, 5) is 16.3. The average Bonchev–Trinajstić information content (AvgIpc) is 2.41. The molecule has 0 bridgehead atoms. The number of rotatable bonds is 4. The van der Waals surface area contributed by atoms with Gasteiger partial charge in [0.1, 0.15) is 0 Å². The second-order valence-corrected chi connectivity index (χ2v) is 5.04. The molecule has 1 fully saturated rings. The summed E-state index contributed by atoms with van der Waals surface area (Å²) < 4.78 is 0. The predicted molar refractivity (Wildman–Crippen MR) is 85.5 cm³/mol. The van der Waals surface area contributed by atoms with Gasteiger partial charge in [-0.3, -0.25) is 9.78 Å². The number of carbonyl (C=O) groups is 1. The van der Waals surface area contributed by atoms with Crippen molar-refractivity contribution in [3.63, 3.8) is 0 Å². The van der Waals surface area contributed by atoms with Crippen molar-refractivity contribution in [1.82, 2.24) is 10.3 Å². The third-order valence-electron chi connectivity index (χ3n) is 3.59. The van der Waals surface area contributed by atoms with Crippen molar-refractivity contribution < 1.29 is 4.79 Å². The Morgan fingerprint density at radius 1 is 1.25 bits per heavy atom. The number of nitrogens with one attached hydrogen (secondary N) is 1. The second kappa shape index (κ2) is 9.16. The van der Waals surface area contributed by atoms with Crippen molar-refractivity contribution in [3.05, 3.63) is 30.1 Å². The number of nitrogens with zero attached hydrogens (tertiary/aromatic N) is 1. The maximum absolute atomic E-state index is 12.1. The summed E-state index contributed by atoms with van der Waals surface area (Å²) in [6, 6.07) is 5.81. The van der Waals surface area contributed by atoms with E-state index in [4.69, 9.17) is 5.73 Å². The molecule has 1 aliphatic carbocycles. The Bertz CT molecular complexity index is 395. The summed E-state index contributed by atoms with van der Waals surface area (Å²) in [5.74, 6) is -0.00173. The van der Waals surface area contributed by atoms with Crippen molar-refractivity contribution in [2.24, 2.45) is 5.73 Å². The summed E-state index contributed by atoms with van der Waals surface area (Å²) in [6.45, 7) is 0.606. The van der Waals surface area contributed by atoms with Gasteiger partial charge in [-0.15, -0.1) is 24.8 Å². The molecular formula is C14H23Cl2N3O. The molecule has 2 rings (SSSR count). The van der Waals surface area contributed by atoms with Crippen molar-refractivity contribution >= 4 is 30.7 Å². The SMILES string of the molecule is Cl.Cl.NC1(C(=O)NCCc2ccccn2)CCCCC1. The molecule has 114 valence electrons. The van der Waals surface area contributed by atoms with Gasteiger partial charge in [0.15, 0.2) is 0 Å². The molecule has 1 aromatic heterocycles. The number of hydrogen-bond donors (Lipinski definition) is 2. The Morgan fingerprint density at radius 2 is 1.95 bits per heavy atom. The first-order valence-corrected chi connectivity index (χ1v) is 6.68. The van der Waals surface area contributed by atoms with E-state index in [2.05, 4.69) is 10.3 Å². The van der Waals surface area contributed by atoms with Crippen molar-refractivity contribution in [2.45, 2.75) is 44.1 Å². The highest BCUT2D eigenvalue weighted by Crippen LogP contribution is 2.25. The van der Waals surface area contributed by atoms with Crippen molar-refractivity contribution in [2.75, 3.05) is 6.54 Å². The van der Waals surface area contributed by atoms with Crippen LogP contribution in [0.4, 0.5) is 0 Å². The van der Waals surface area contributed by atoms with Crippen LogP contribution in [0.2, 0.25) is 0 Å². The van der Waals surface area contributed by atoms with E-state index in [0.29, 0.717) is 6.54 Å². The lowest BCUT2D eigenvalue weighted by atomic mass is 9.82. The smallest absolute Gasteiger partial charge is 0.240 e. The molecule has 1 amide bonds. The average molecular weight is 320 g/mol. The van der Waals surface area contributed by atoms with Gasteiger partial charge in [-0.1, -0.05) is 25.3 Å². The predicted octanol–water partition coefficient (Wildman–Crippen LogP) is 2.25. The zero-order valence-electron chi connectivity index (χ0n) is 11.5. The zero-order valence-corrected chi connectivity index (χ0v) is 13.1. The van der Waals surface area contributed by atoms with Crippen molar-refractivity contribution in [3.8, 4) is 0 Å². The molecule has 0 radical (unpaired) electrons. The minimum absolute atomic E-state index is 0. The summed E-state index contributed by atoms with van der Waals surface area (Å²) >= 11 is 0. The Labute approximate surface area is 132 Å². The summed E-state index contributed by atoms with van der Waals surface area (Å²) in [5.41, 5.74) is 6.51. The molecule has 0 aliphatic heterocycles. The number of hydrogen-bond acceptors (Lipinski definition) is 3. The fourth-order valence-electron chi connectivity index (χ4n) is 2.44. The molecule has 1 aliphatic rings. The van der Waals surface area contributed by atoms with E-state index in [0.717, 1.165) is 37.8 Å². The standard InChI is InChI=1S/C14H21N3O.2ClH/c15-14(8-3-1-4-9-14)13(18)17-11-7-12-6-2-5-10-16-12;;/h2,5-6,10H,1,3-4,7-9,11,15H2,(H,17,18);2*1H. The molecule has 6 heteroatoms. The number of halogens is 2. The Hall–Kier alpha value is -0.840. The van der Waals surface area contributed by atoms with Gasteiger partial charge < -0.3 is 11.1 Å². The molecule has 0 spiro atoms. The number of pyridine rings is 1. The Morgan fingerprint density at radius 3 is 2.55 bits per heavy atom. The van der Waals surface area contributed by atoms with Gasteiger partial charge in [-0.05, 0) is 25.0 Å². The molecule has 3 N–H and O–H groups in total. The molecule has 0 atom stereocenters. The number of amides is 1. The molecule has 0 aromatic carbocycles. The number of carbonyl (C=O) groups excluding carboxylic acids is 1. The summed E-state index contributed by atoms with van der Waals surface area (Å²) in [6.07, 6.45) is 7.45. The van der Waals surface area contributed by atoms with Gasteiger partial charge in [0, 0.05) is 24.9 Å². The van der Waals surface area contributed by atoms with Crippen LogP contribution in [0.15, 0.2) is 24.4 Å². The van der Waals surface area contributed by atoms with E-state index < -0.39 is 5.54 Å². The minimum atomic E-state index is -0.637. The summed E-state index contributed by atoms with van der Waals surface area (Å²) in [5, 5.41) is 2.94. The lowest BCUT2D eigenvalue weighted by Crippen LogP contribution is -2.55. The third kappa shape index (κ3) is 5.27. The van der Waals surface area contributed by atoms with E-state index in [9.17, 15) is 4.79 Å². The molecule has 4 nitrogen and oxygen atoms in total. The highest BCUT2D eigenvalue weighted by molar-refractivity contribution is 5.86. The Balaban J connectivity index is 0.00000180. The highest BCUT2D eigenvalue weighted by Gasteiger charge is 2.34. The maximum Gasteiger partial charge on any atom is 0.240 e. The zero-order chi connectivity index (χ0) is 12.8. The topological polar surface area (TPSA) is 68.0 Å². The lowest BCUT2D eigenvalue weighted by molar-refractivity contribution is -0.127. The number of aromatic nitrogens is 1. The fraction of sp³-hybridized carbons (Fsp3) is 0.571. The lowest BCUT2D eigenvalue weighted by Gasteiger charge is -2.31. The van der Waals surface area contributed by atoms with Gasteiger partial charge in [0.2, 0.25) is 5.91 Å². The molecular weight excluding hydrogens is 297 g/mol. The first-order chi connectivity index (χ1) is 8.71. The summed E-state index contributed by atoms with van der Waals surface area (Å²) in [7, 11) is 0. The van der Waals surface area contributed by atoms with Crippen LogP contribution in [0.1, 0.15) is 37.8 Å². The van der Waals surface area contributed by atoms with Crippen molar-refractivity contribution in [1.29, 1.82) is 0 Å². The van der Waals surface area contributed by atoms with Gasteiger partial charge >= 0.3 is 0 Å². The van der Waals surface area contributed by atoms with Gasteiger partial charge in [0.25, 0.3) is 0 Å². The molecule has 20 heavy (non-hydrogen) atoms. The molecule has 0 saturated heterocycles. The van der Waals surface area contributed by atoms with Crippen LogP contribution >= 0.6 is 24.8 Å². The highest BCUT2D eigenvalue weighted by atomic mass is 35.5. The monoisotopic (exact) mass is 319 g/mol. The quantitative estimate of drug-likeness (QED) is 0.894. The second-order valence-electron chi connectivity index (χ2n) is 5.04. The van der Waals surface area contributed by atoms with Crippen LogP contribution in [-0.2, 0) is 11.2 Å². The van der Waals surface area contributed by atoms with Crippen LogP contribution in [0, 0.1) is 0 Å². The normalized spacial score (nSPS) is 16.4. The molecule has 1 saturated carbocycles. The van der Waals surface area contributed by atoms with E-state index in [1.807, 2.05) is 18.2 Å². The minimum Gasteiger partial charge on any atom is -0.354 e. The van der Waals surface area contributed by atoms with Gasteiger partial charge in [-0.25, -0.2) is 0 Å². The molecule has 0 unspecified atom stereocenters. The molecule has 1 aromatic rings. The van der Waals surface area contributed by atoms with Crippen LogP contribution in [0.3, 0.4) is 0 Å². The third-order valence-corrected chi connectivity index (χ3v) is 3.59. The van der Waals surface area contributed by atoms with Gasteiger partial charge in [0.05, 0.1) is 5.54 Å². The first kappa shape index (κ1) is 19.2. The molecule has 1 heterocycles. The van der Waals surface area contributed by atoms with E-state index in [1.54, 1.807) is 6.20 Å². The van der Waals surface area contributed by atoms with Crippen LogP contribution < -0.4 is 11.1 Å². The number of nitrogens with two attached hydrogens (primary N) is 1. The Kier molecular flexibility index (Phi) is 8.78. The van der Waals surface area contributed by atoms with Crippen LogP contribution in [0.5, 0.6) is 0 Å². The van der Waals surface area contributed by atoms with Crippen LogP contribution in [-0.4, -0.2) is 23.0 Å².